The van der Waals surface area contributed by atoms with Gasteiger partial charge in [0.25, 0.3) is 0 Å². The molecule has 0 fully saturated rings. The number of amides is 1. The molecule has 98 valence electrons. The second-order valence-corrected chi connectivity index (χ2v) is 4.87. The van der Waals surface area contributed by atoms with E-state index in [4.69, 9.17) is 0 Å². The van der Waals surface area contributed by atoms with Gasteiger partial charge in [0.1, 0.15) is 0 Å². The molecular weight excluding hydrogens is 234 g/mol. The van der Waals surface area contributed by atoms with Gasteiger partial charge in [0.2, 0.25) is 5.91 Å². The van der Waals surface area contributed by atoms with Crippen LogP contribution >= 0.6 is 0 Å². The molecule has 2 rings (SSSR count). The third-order valence-corrected chi connectivity index (χ3v) is 3.56. The molecule has 0 aliphatic rings. The summed E-state index contributed by atoms with van der Waals surface area (Å²) in [7, 11) is 0. The highest BCUT2D eigenvalue weighted by atomic mass is 16.1. The smallest absolute Gasteiger partial charge is 0.231 e. The fourth-order valence-electron chi connectivity index (χ4n) is 2.02. The zero-order chi connectivity index (χ0) is 13.8. The average Bonchev–Trinajstić information content (AvgIpc) is 2.44. The maximum absolute atomic E-state index is 12.3. The van der Waals surface area contributed by atoms with Gasteiger partial charge >= 0.3 is 0 Å². The zero-order valence-corrected chi connectivity index (χ0v) is 11.6. The molecule has 0 saturated carbocycles. The largest absolute Gasteiger partial charge is 0.325 e. The van der Waals surface area contributed by atoms with Gasteiger partial charge in [0.15, 0.2) is 0 Å². The third kappa shape index (κ3) is 3.02. The van der Waals surface area contributed by atoms with Gasteiger partial charge < -0.3 is 5.32 Å². The maximum atomic E-state index is 12.3. The molecule has 0 aromatic heterocycles. The van der Waals surface area contributed by atoms with Crippen molar-refractivity contribution in [3.05, 3.63) is 65.2 Å². The van der Waals surface area contributed by atoms with E-state index in [1.807, 2.05) is 69.3 Å². The van der Waals surface area contributed by atoms with Crippen LogP contribution in [0, 0.1) is 13.8 Å². The van der Waals surface area contributed by atoms with Crippen LogP contribution < -0.4 is 5.32 Å². The van der Waals surface area contributed by atoms with Gasteiger partial charge in [-0.05, 0) is 43.5 Å². The van der Waals surface area contributed by atoms with Crippen molar-refractivity contribution in [3.63, 3.8) is 0 Å². The first kappa shape index (κ1) is 13.3. The van der Waals surface area contributed by atoms with Gasteiger partial charge in [-0.2, -0.15) is 0 Å². The van der Waals surface area contributed by atoms with E-state index in [1.165, 1.54) is 5.56 Å². The van der Waals surface area contributed by atoms with Gasteiger partial charge in [0.05, 0.1) is 5.92 Å². The average molecular weight is 253 g/mol. The number of anilines is 1. The van der Waals surface area contributed by atoms with Crippen molar-refractivity contribution >= 4 is 11.6 Å². The summed E-state index contributed by atoms with van der Waals surface area (Å²) in [6.07, 6.45) is 0. The summed E-state index contributed by atoms with van der Waals surface area (Å²) in [5.41, 5.74) is 4.24. The Kier molecular flexibility index (Phi) is 4.00. The normalized spacial score (nSPS) is 11.9. The Hall–Kier alpha value is -2.09. The van der Waals surface area contributed by atoms with E-state index >= 15 is 0 Å². The van der Waals surface area contributed by atoms with Crippen molar-refractivity contribution in [2.75, 3.05) is 5.32 Å². The van der Waals surface area contributed by atoms with Crippen molar-refractivity contribution in [2.24, 2.45) is 0 Å². The van der Waals surface area contributed by atoms with Crippen LogP contribution in [0.15, 0.2) is 48.5 Å². The summed E-state index contributed by atoms with van der Waals surface area (Å²) in [6, 6.07) is 15.8. The summed E-state index contributed by atoms with van der Waals surface area (Å²) in [5, 5.41) is 3.01. The van der Waals surface area contributed by atoms with Crippen molar-refractivity contribution in [1.29, 1.82) is 0 Å². The highest BCUT2D eigenvalue weighted by molar-refractivity contribution is 5.96. The lowest BCUT2D eigenvalue weighted by Gasteiger charge is -2.15. The SMILES string of the molecule is Cc1cccc(NC(=O)C(C)c2ccccc2)c1C. The van der Waals surface area contributed by atoms with E-state index in [-0.39, 0.29) is 11.8 Å². The monoisotopic (exact) mass is 253 g/mol. The number of aryl methyl sites for hydroxylation is 1. The molecule has 2 aromatic carbocycles. The summed E-state index contributed by atoms with van der Waals surface area (Å²) in [5.74, 6) is -0.124. The Morgan fingerprint density at radius 3 is 2.37 bits per heavy atom. The lowest BCUT2D eigenvalue weighted by molar-refractivity contribution is -0.117. The summed E-state index contributed by atoms with van der Waals surface area (Å²) in [6.45, 7) is 6.00. The number of carbonyl (C=O) groups is 1. The zero-order valence-electron chi connectivity index (χ0n) is 11.6. The van der Waals surface area contributed by atoms with Crippen molar-refractivity contribution in [3.8, 4) is 0 Å². The fourth-order valence-corrected chi connectivity index (χ4v) is 2.02. The first-order valence-corrected chi connectivity index (χ1v) is 6.51. The van der Waals surface area contributed by atoms with Crippen molar-refractivity contribution < 1.29 is 4.79 Å². The molecule has 0 heterocycles. The molecule has 0 aliphatic carbocycles. The first-order valence-electron chi connectivity index (χ1n) is 6.51. The minimum atomic E-state index is -0.152. The van der Waals surface area contributed by atoms with Crippen molar-refractivity contribution in [2.45, 2.75) is 26.7 Å². The summed E-state index contributed by atoms with van der Waals surface area (Å²) >= 11 is 0. The molecule has 19 heavy (non-hydrogen) atoms. The van der Waals surface area contributed by atoms with Crippen LogP contribution in [0.25, 0.3) is 0 Å². The molecule has 2 nitrogen and oxygen atoms in total. The number of carbonyl (C=O) groups excluding carboxylic acids is 1. The molecule has 1 N–H and O–H groups in total. The Labute approximate surface area is 114 Å². The molecule has 2 heteroatoms. The molecule has 1 unspecified atom stereocenters. The van der Waals surface area contributed by atoms with Gasteiger partial charge in [-0.3, -0.25) is 4.79 Å². The van der Waals surface area contributed by atoms with Crippen LogP contribution in [0.5, 0.6) is 0 Å². The Bertz CT molecular complexity index is 575. The predicted octanol–water partition coefficient (Wildman–Crippen LogP) is 4.05. The topological polar surface area (TPSA) is 29.1 Å². The number of hydrogen-bond acceptors (Lipinski definition) is 1. The highest BCUT2D eigenvalue weighted by Crippen LogP contribution is 2.21. The molecule has 0 radical (unpaired) electrons. The van der Waals surface area contributed by atoms with Crippen molar-refractivity contribution in [1.82, 2.24) is 0 Å². The minimum absolute atomic E-state index is 0.0277. The molecule has 0 saturated heterocycles. The molecule has 0 bridgehead atoms. The number of rotatable bonds is 3. The Morgan fingerprint density at radius 2 is 1.68 bits per heavy atom. The predicted molar refractivity (Wildman–Crippen MR) is 79.4 cm³/mol. The molecule has 0 aliphatic heterocycles. The maximum Gasteiger partial charge on any atom is 0.231 e. The van der Waals surface area contributed by atoms with E-state index < -0.39 is 0 Å². The number of benzene rings is 2. The second-order valence-electron chi connectivity index (χ2n) is 4.87. The highest BCUT2D eigenvalue weighted by Gasteiger charge is 2.15. The molecular formula is C17H19NO. The van der Waals surface area contributed by atoms with E-state index in [1.54, 1.807) is 0 Å². The van der Waals surface area contributed by atoms with Gasteiger partial charge in [-0.25, -0.2) is 0 Å². The van der Waals surface area contributed by atoms with E-state index in [9.17, 15) is 4.79 Å². The lowest BCUT2D eigenvalue weighted by atomic mass is 10.00. The van der Waals surface area contributed by atoms with Gasteiger partial charge in [-0.1, -0.05) is 42.5 Å². The number of hydrogen-bond donors (Lipinski definition) is 1. The van der Waals surface area contributed by atoms with Crippen LogP contribution in [0.2, 0.25) is 0 Å². The standard InChI is InChI=1S/C17H19NO/c1-12-8-7-11-16(13(12)2)18-17(19)14(3)15-9-5-4-6-10-15/h4-11,14H,1-3H3,(H,18,19). The van der Waals surface area contributed by atoms with E-state index in [0.29, 0.717) is 0 Å². The summed E-state index contributed by atoms with van der Waals surface area (Å²) in [4.78, 5) is 12.3. The Balaban J connectivity index is 2.15. The minimum Gasteiger partial charge on any atom is -0.325 e. The first-order chi connectivity index (χ1) is 9.09. The second kappa shape index (κ2) is 5.70. The molecule has 1 amide bonds. The quantitative estimate of drug-likeness (QED) is 0.878. The Morgan fingerprint density at radius 1 is 1.00 bits per heavy atom. The van der Waals surface area contributed by atoms with Crippen LogP contribution in [0.1, 0.15) is 29.5 Å². The van der Waals surface area contributed by atoms with Gasteiger partial charge in [-0.15, -0.1) is 0 Å². The van der Waals surface area contributed by atoms with Crippen LogP contribution in [-0.4, -0.2) is 5.91 Å². The van der Waals surface area contributed by atoms with Crippen LogP contribution in [0.3, 0.4) is 0 Å². The lowest BCUT2D eigenvalue weighted by Crippen LogP contribution is -2.19. The molecule has 2 aromatic rings. The van der Waals surface area contributed by atoms with E-state index in [2.05, 4.69) is 5.32 Å². The van der Waals surface area contributed by atoms with E-state index in [0.717, 1.165) is 16.8 Å². The number of nitrogens with one attached hydrogen (secondary N) is 1. The fraction of sp³-hybridized carbons (Fsp3) is 0.235. The third-order valence-electron chi connectivity index (χ3n) is 3.56. The molecule has 0 spiro atoms. The van der Waals surface area contributed by atoms with Crippen LogP contribution in [0.4, 0.5) is 5.69 Å². The van der Waals surface area contributed by atoms with Crippen LogP contribution in [-0.2, 0) is 4.79 Å². The summed E-state index contributed by atoms with van der Waals surface area (Å²) < 4.78 is 0. The molecule has 1 atom stereocenters. The van der Waals surface area contributed by atoms with Gasteiger partial charge in [0, 0.05) is 5.69 Å².